The molecule has 0 aliphatic carbocycles. The van der Waals surface area contributed by atoms with Gasteiger partial charge in [-0.2, -0.15) is 0 Å². The molecule has 0 bridgehead atoms. The highest BCUT2D eigenvalue weighted by Gasteiger charge is 2.68. The van der Waals surface area contributed by atoms with Gasteiger partial charge in [0.2, 0.25) is 11.8 Å². The number of fused-ring (bicyclic) bond motifs is 1. The van der Waals surface area contributed by atoms with Gasteiger partial charge in [0.05, 0.1) is 27.2 Å². The number of aliphatic carboxylic acids is 1. The average molecular weight is 572 g/mol. The number of amides is 2. The second-order valence-corrected chi connectivity index (χ2v) is 12.1. The molecule has 206 valence electrons. The number of carboxylic acids is 1. The quantitative estimate of drug-likeness (QED) is 0.195. The van der Waals surface area contributed by atoms with Crippen LogP contribution in [0, 0.1) is 16.0 Å². The molecule has 0 spiro atoms. The molecule has 4 rings (SSSR count). The van der Waals surface area contributed by atoms with Crippen molar-refractivity contribution in [2.75, 3.05) is 5.75 Å². The van der Waals surface area contributed by atoms with Crippen LogP contribution in [0.1, 0.15) is 43.9 Å². The molecule has 1 fully saturated rings. The number of rotatable bonds is 12. The molecule has 2 amide bonds. The van der Waals surface area contributed by atoms with Gasteiger partial charge in [-0.15, -0.1) is 11.8 Å². The summed E-state index contributed by atoms with van der Waals surface area (Å²) >= 11 is 2.40. The fourth-order valence-electron chi connectivity index (χ4n) is 4.91. The lowest BCUT2D eigenvalue weighted by molar-refractivity contribution is -0.384. The van der Waals surface area contributed by atoms with Gasteiger partial charge < -0.3 is 15.5 Å². The van der Waals surface area contributed by atoms with Gasteiger partial charge in [-0.05, 0) is 24.5 Å². The van der Waals surface area contributed by atoms with Crippen LogP contribution in [-0.2, 0) is 20.8 Å². The smallest absolute Gasteiger partial charge is 0.354 e. The predicted octanol–water partition coefficient (Wildman–Crippen LogP) is 4.06. The highest BCUT2D eigenvalue weighted by molar-refractivity contribution is 8.23. The summed E-state index contributed by atoms with van der Waals surface area (Å²) in [6, 6.07) is 15.2. The van der Waals surface area contributed by atoms with E-state index in [1.807, 2.05) is 37.3 Å². The molecule has 2 aliphatic heterocycles. The molecular weight excluding hydrogens is 542 g/mol. The fraction of sp³-hybridized carbons (Fsp3) is 0.370. The number of carboxylic acid groups (broad SMARTS) is 1. The third-order valence-electron chi connectivity index (χ3n) is 6.89. The standard InChI is InChI=1S/C27H29N3O7S2/c1-3-20(31)22-24(33)29-23(25(34)35)26(38-14-13-21(32)28-16(2)18-7-5-4-6-8-18)39-27(22,29)15-17-9-11-19(12-10-17)30(36)37/h4-12,16,20,22,31H,3,13-15H2,1-2H3,(H,28,32)(H,34,35)/t16-,20-,22+,27+/m0/s1. The minimum atomic E-state index is -1.27. The van der Waals surface area contributed by atoms with Crippen molar-refractivity contribution in [2.45, 2.75) is 50.1 Å². The summed E-state index contributed by atoms with van der Waals surface area (Å²) in [6.45, 7) is 3.63. The summed E-state index contributed by atoms with van der Waals surface area (Å²) in [5.41, 5.74) is 1.40. The largest absolute Gasteiger partial charge is 0.477 e. The molecule has 0 aromatic heterocycles. The van der Waals surface area contributed by atoms with Crippen molar-refractivity contribution in [1.29, 1.82) is 0 Å². The molecule has 2 heterocycles. The highest BCUT2D eigenvalue weighted by atomic mass is 32.2. The van der Waals surface area contributed by atoms with E-state index in [0.29, 0.717) is 22.0 Å². The van der Waals surface area contributed by atoms with Crippen LogP contribution in [0.2, 0.25) is 0 Å². The van der Waals surface area contributed by atoms with Crippen LogP contribution in [0.5, 0.6) is 0 Å². The van der Waals surface area contributed by atoms with Gasteiger partial charge in [0.25, 0.3) is 5.69 Å². The van der Waals surface area contributed by atoms with Gasteiger partial charge in [-0.1, -0.05) is 61.2 Å². The van der Waals surface area contributed by atoms with Crippen molar-refractivity contribution < 1.29 is 29.5 Å². The van der Waals surface area contributed by atoms with E-state index >= 15 is 0 Å². The summed E-state index contributed by atoms with van der Waals surface area (Å²) < 4.78 is 0.396. The maximum Gasteiger partial charge on any atom is 0.354 e. The Morgan fingerprint density at radius 3 is 2.46 bits per heavy atom. The molecule has 1 saturated heterocycles. The van der Waals surface area contributed by atoms with Gasteiger partial charge in [0.1, 0.15) is 4.87 Å². The normalized spacial score (nSPS) is 21.7. The number of benzene rings is 2. The van der Waals surface area contributed by atoms with Crippen molar-refractivity contribution in [2.24, 2.45) is 5.92 Å². The first-order valence-corrected chi connectivity index (χ1v) is 14.3. The number of nitro benzene ring substituents is 1. The molecule has 0 unspecified atom stereocenters. The molecule has 2 aromatic rings. The Morgan fingerprint density at radius 1 is 1.21 bits per heavy atom. The average Bonchev–Trinajstić information content (AvgIpc) is 3.19. The molecule has 2 aliphatic rings. The van der Waals surface area contributed by atoms with Gasteiger partial charge in [-0.3, -0.25) is 24.6 Å². The first-order chi connectivity index (χ1) is 18.6. The van der Waals surface area contributed by atoms with E-state index in [4.69, 9.17) is 0 Å². The van der Waals surface area contributed by atoms with E-state index in [9.17, 15) is 34.7 Å². The molecule has 10 nitrogen and oxygen atoms in total. The number of nitrogens with one attached hydrogen (secondary N) is 1. The Balaban J connectivity index is 1.51. The maximum atomic E-state index is 13.2. The Bertz CT molecular complexity index is 1300. The minimum absolute atomic E-state index is 0.0811. The van der Waals surface area contributed by atoms with Gasteiger partial charge in [-0.25, -0.2) is 4.79 Å². The molecule has 2 aromatic carbocycles. The van der Waals surface area contributed by atoms with E-state index in [2.05, 4.69) is 5.32 Å². The predicted molar refractivity (Wildman–Crippen MR) is 148 cm³/mol. The van der Waals surface area contributed by atoms with Gasteiger partial charge in [0.15, 0.2) is 5.70 Å². The number of aliphatic hydroxyl groups is 1. The van der Waals surface area contributed by atoms with E-state index in [-0.39, 0.29) is 36.2 Å². The Kier molecular flexibility index (Phi) is 8.67. The summed E-state index contributed by atoms with van der Waals surface area (Å²) in [4.78, 5) is 48.8. The lowest BCUT2D eigenvalue weighted by Crippen LogP contribution is -2.71. The van der Waals surface area contributed by atoms with Crippen molar-refractivity contribution in [3.8, 4) is 0 Å². The lowest BCUT2D eigenvalue weighted by atomic mass is 9.77. The number of nitro groups is 1. The zero-order chi connectivity index (χ0) is 28.3. The molecule has 12 heteroatoms. The van der Waals surface area contributed by atoms with Crippen LogP contribution < -0.4 is 5.32 Å². The van der Waals surface area contributed by atoms with Crippen LogP contribution in [0.25, 0.3) is 0 Å². The molecule has 0 saturated carbocycles. The number of hydrogen-bond acceptors (Lipinski definition) is 8. The van der Waals surface area contributed by atoms with Crippen LogP contribution in [0.4, 0.5) is 5.69 Å². The van der Waals surface area contributed by atoms with Crippen molar-refractivity contribution >= 4 is 47.0 Å². The van der Waals surface area contributed by atoms with Crippen LogP contribution >= 0.6 is 23.5 Å². The van der Waals surface area contributed by atoms with Crippen molar-refractivity contribution in [3.05, 3.63) is 85.8 Å². The summed E-state index contributed by atoms with van der Waals surface area (Å²) in [5, 5.41) is 34.8. The van der Waals surface area contributed by atoms with E-state index in [1.54, 1.807) is 19.1 Å². The third kappa shape index (κ3) is 5.68. The number of β-lactam (4-membered cyclic amide) rings is 1. The van der Waals surface area contributed by atoms with E-state index < -0.39 is 33.7 Å². The fourth-order valence-corrected chi connectivity index (χ4v) is 8.11. The number of non-ortho nitro benzene ring substituents is 1. The summed E-state index contributed by atoms with van der Waals surface area (Å²) in [7, 11) is 0. The molecule has 0 radical (unpaired) electrons. The first kappa shape index (κ1) is 28.7. The van der Waals surface area contributed by atoms with E-state index in [0.717, 1.165) is 5.56 Å². The second-order valence-electron chi connectivity index (χ2n) is 9.41. The summed E-state index contributed by atoms with van der Waals surface area (Å²) in [6.07, 6.45) is -0.344. The van der Waals surface area contributed by atoms with Crippen LogP contribution in [0.3, 0.4) is 0 Å². The molecule has 39 heavy (non-hydrogen) atoms. The number of nitrogens with zero attached hydrogens (tertiary/aromatic N) is 2. The van der Waals surface area contributed by atoms with Gasteiger partial charge >= 0.3 is 5.97 Å². The first-order valence-electron chi connectivity index (χ1n) is 12.5. The maximum absolute atomic E-state index is 13.2. The van der Waals surface area contributed by atoms with Crippen molar-refractivity contribution in [1.82, 2.24) is 10.2 Å². The number of thioether (sulfide) groups is 2. The molecule has 4 atom stereocenters. The third-order valence-corrected chi connectivity index (χ3v) is 9.67. The Morgan fingerprint density at radius 2 is 1.87 bits per heavy atom. The highest BCUT2D eigenvalue weighted by Crippen LogP contribution is 2.62. The minimum Gasteiger partial charge on any atom is -0.477 e. The summed E-state index contributed by atoms with van der Waals surface area (Å²) in [5.74, 6) is -2.47. The number of carbonyl (C=O) groups is 3. The number of carbonyl (C=O) groups excluding carboxylic acids is 2. The zero-order valence-electron chi connectivity index (χ0n) is 21.4. The molecular formula is C27H29N3O7S2. The van der Waals surface area contributed by atoms with Crippen LogP contribution in [-0.4, -0.2) is 54.5 Å². The Labute approximate surface area is 234 Å². The monoisotopic (exact) mass is 571 g/mol. The van der Waals surface area contributed by atoms with E-state index in [1.165, 1.54) is 40.6 Å². The van der Waals surface area contributed by atoms with Gasteiger partial charge in [0, 0.05) is 30.7 Å². The van der Waals surface area contributed by atoms with Crippen LogP contribution in [0.15, 0.2) is 64.5 Å². The zero-order valence-corrected chi connectivity index (χ0v) is 23.0. The number of aliphatic hydroxyl groups excluding tert-OH is 1. The molecule has 3 N–H and O–H groups in total. The second kappa shape index (κ2) is 11.8. The SMILES string of the molecule is CC[C@H](O)[C@@H]1C(=O)N2C(C(=O)O)=C(SCCC(=O)N[C@@H](C)c3ccccc3)S[C@]12Cc1ccc([N+](=O)[O-])cc1. The topological polar surface area (TPSA) is 150 Å². The number of hydrogen-bond donors (Lipinski definition) is 3. The Hall–Kier alpha value is -3.35. The lowest BCUT2D eigenvalue weighted by Gasteiger charge is -2.54. The van der Waals surface area contributed by atoms with Crippen molar-refractivity contribution in [3.63, 3.8) is 0 Å².